The van der Waals surface area contributed by atoms with E-state index < -0.39 is 0 Å². The minimum Gasteiger partial charge on any atom is -0.103 e. The van der Waals surface area contributed by atoms with Gasteiger partial charge in [-0.15, -0.1) is 6.58 Å². The van der Waals surface area contributed by atoms with Crippen molar-refractivity contribution in [3.8, 4) is 0 Å². The molecule has 0 atom stereocenters. The molecular formula is C13H20Si. The van der Waals surface area contributed by atoms with Gasteiger partial charge in [0, 0.05) is 10.2 Å². The van der Waals surface area contributed by atoms with Crippen molar-refractivity contribution >= 4 is 15.4 Å². The molecule has 0 aliphatic rings. The first-order valence-corrected chi connectivity index (χ1v) is 6.45. The van der Waals surface area contributed by atoms with Gasteiger partial charge in [-0.1, -0.05) is 37.2 Å². The van der Waals surface area contributed by atoms with Gasteiger partial charge in [0.1, 0.15) is 0 Å². The molecule has 0 N–H and O–H groups in total. The molecular weight excluding hydrogens is 184 g/mol. The Bertz CT molecular complexity index is 326. The van der Waals surface area contributed by atoms with Crippen LogP contribution in [0.5, 0.6) is 0 Å². The molecule has 0 aliphatic heterocycles. The van der Waals surface area contributed by atoms with Crippen molar-refractivity contribution in [2.45, 2.75) is 33.1 Å². The predicted octanol–water partition coefficient (Wildman–Crippen LogP) is 1.53. The molecule has 0 fully saturated rings. The molecule has 0 saturated carbocycles. The van der Waals surface area contributed by atoms with Crippen molar-refractivity contribution < 1.29 is 0 Å². The number of hydrogen-bond donors (Lipinski definition) is 0. The highest BCUT2D eigenvalue weighted by Gasteiger charge is 2.06. The molecule has 76 valence electrons. The van der Waals surface area contributed by atoms with Crippen LogP contribution in [0.1, 0.15) is 30.5 Å². The summed E-state index contributed by atoms with van der Waals surface area (Å²) >= 11 is 0. The van der Waals surface area contributed by atoms with E-state index in [-0.39, 0.29) is 0 Å². The zero-order valence-electron chi connectivity index (χ0n) is 9.56. The maximum Gasteiger partial charge on any atom is 0.0388 e. The summed E-state index contributed by atoms with van der Waals surface area (Å²) in [5, 5.41) is 1.57. The van der Waals surface area contributed by atoms with Gasteiger partial charge < -0.3 is 0 Å². The largest absolute Gasteiger partial charge is 0.103 e. The third kappa shape index (κ3) is 2.15. The molecule has 0 aromatic heterocycles. The topological polar surface area (TPSA) is 0 Å². The summed E-state index contributed by atoms with van der Waals surface area (Å²) in [4.78, 5) is 0. The molecule has 0 saturated heterocycles. The maximum absolute atomic E-state index is 3.82. The number of allylic oxidation sites excluding steroid dienone is 1. The molecule has 1 rings (SSSR count). The highest BCUT2D eigenvalue weighted by Crippen LogP contribution is 2.15. The fourth-order valence-electron chi connectivity index (χ4n) is 2.14. The van der Waals surface area contributed by atoms with Gasteiger partial charge in [-0.05, 0) is 36.0 Å². The SMILES string of the molecule is C=CCc1ccc([SiH3])c(CC)c1CC. The summed E-state index contributed by atoms with van der Waals surface area (Å²) in [5.41, 5.74) is 4.64. The standard InChI is InChI=1S/C13H20Si/c1-4-7-10-8-9-13(14)12(6-3)11(10)5-2/h4,8-9H,1,5-7H2,2-3,14H3. The van der Waals surface area contributed by atoms with Crippen LogP contribution in [-0.4, -0.2) is 10.2 Å². The molecule has 1 aromatic rings. The van der Waals surface area contributed by atoms with Gasteiger partial charge in [0.25, 0.3) is 0 Å². The summed E-state index contributed by atoms with van der Waals surface area (Å²) in [5.74, 6) is 0. The lowest BCUT2D eigenvalue weighted by atomic mass is 9.95. The normalized spacial score (nSPS) is 10.4. The summed E-state index contributed by atoms with van der Waals surface area (Å²) in [6, 6.07) is 4.57. The lowest BCUT2D eigenvalue weighted by Crippen LogP contribution is -2.14. The molecule has 0 spiro atoms. The molecule has 0 unspecified atom stereocenters. The Morgan fingerprint density at radius 1 is 1.21 bits per heavy atom. The van der Waals surface area contributed by atoms with Crippen molar-refractivity contribution in [2.75, 3.05) is 0 Å². The van der Waals surface area contributed by atoms with Crippen LogP contribution in [0.25, 0.3) is 0 Å². The van der Waals surface area contributed by atoms with E-state index >= 15 is 0 Å². The Kier molecular flexibility index (Phi) is 4.14. The molecule has 0 amide bonds. The highest BCUT2D eigenvalue weighted by atomic mass is 28.1. The molecule has 1 heteroatoms. The molecule has 0 bridgehead atoms. The summed E-state index contributed by atoms with van der Waals surface area (Å²) in [7, 11) is 1.16. The second-order valence-electron chi connectivity index (χ2n) is 3.70. The summed E-state index contributed by atoms with van der Waals surface area (Å²) in [6.07, 6.45) is 5.34. The van der Waals surface area contributed by atoms with E-state index in [1.165, 1.54) is 12.0 Å². The lowest BCUT2D eigenvalue weighted by Gasteiger charge is -2.14. The fraction of sp³-hybridized carbons (Fsp3) is 0.385. The third-order valence-corrected chi connectivity index (χ3v) is 3.77. The third-order valence-electron chi connectivity index (χ3n) is 2.83. The van der Waals surface area contributed by atoms with Crippen LogP contribution < -0.4 is 5.19 Å². The first-order valence-electron chi connectivity index (χ1n) is 5.45. The Hall–Kier alpha value is -0.823. The predicted molar refractivity (Wildman–Crippen MR) is 68.7 cm³/mol. The quantitative estimate of drug-likeness (QED) is 0.515. The zero-order valence-corrected chi connectivity index (χ0v) is 11.6. The summed E-state index contributed by atoms with van der Waals surface area (Å²) < 4.78 is 0. The van der Waals surface area contributed by atoms with E-state index in [0.717, 1.165) is 23.1 Å². The lowest BCUT2D eigenvalue weighted by molar-refractivity contribution is 1.01. The van der Waals surface area contributed by atoms with Gasteiger partial charge in [-0.25, -0.2) is 0 Å². The fourth-order valence-corrected chi connectivity index (χ4v) is 2.96. The van der Waals surface area contributed by atoms with Crippen LogP contribution >= 0.6 is 0 Å². The molecule has 1 aromatic carbocycles. The number of rotatable bonds is 4. The highest BCUT2D eigenvalue weighted by molar-refractivity contribution is 6.33. The van der Waals surface area contributed by atoms with Crippen molar-refractivity contribution in [3.05, 3.63) is 41.5 Å². The van der Waals surface area contributed by atoms with E-state index in [4.69, 9.17) is 0 Å². The van der Waals surface area contributed by atoms with Crippen LogP contribution in [0.2, 0.25) is 0 Å². The van der Waals surface area contributed by atoms with Gasteiger partial charge in [-0.2, -0.15) is 0 Å². The van der Waals surface area contributed by atoms with Gasteiger partial charge >= 0.3 is 0 Å². The van der Waals surface area contributed by atoms with E-state index in [1.807, 2.05) is 6.08 Å². The van der Waals surface area contributed by atoms with Gasteiger partial charge in [0.05, 0.1) is 0 Å². The van der Waals surface area contributed by atoms with Crippen molar-refractivity contribution in [1.29, 1.82) is 0 Å². The van der Waals surface area contributed by atoms with Crippen molar-refractivity contribution in [1.82, 2.24) is 0 Å². The van der Waals surface area contributed by atoms with Crippen LogP contribution in [0, 0.1) is 0 Å². The van der Waals surface area contributed by atoms with Crippen LogP contribution in [0.4, 0.5) is 0 Å². The van der Waals surface area contributed by atoms with Crippen LogP contribution in [0.15, 0.2) is 24.8 Å². The summed E-state index contributed by atoms with van der Waals surface area (Å²) in [6.45, 7) is 8.33. The first kappa shape index (κ1) is 11.3. The molecule has 0 radical (unpaired) electrons. The minimum atomic E-state index is 1.01. The zero-order chi connectivity index (χ0) is 10.6. The minimum absolute atomic E-state index is 1.01. The van der Waals surface area contributed by atoms with E-state index in [1.54, 1.807) is 16.3 Å². The van der Waals surface area contributed by atoms with Crippen LogP contribution in [-0.2, 0) is 19.3 Å². The maximum atomic E-state index is 3.82. The average molecular weight is 204 g/mol. The monoisotopic (exact) mass is 204 g/mol. The Morgan fingerprint density at radius 3 is 2.36 bits per heavy atom. The van der Waals surface area contributed by atoms with Gasteiger partial charge in [0.2, 0.25) is 0 Å². The average Bonchev–Trinajstić information content (AvgIpc) is 2.20. The molecule has 0 aliphatic carbocycles. The van der Waals surface area contributed by atoms with Gasteiger partial charge in [-0.3, -0.25) is 0 Å². The number of benzene rings is 1. The Morgan fingerprint density at radius 2 is 1.86 bits per heavy atom. The second-order valence-corrected chi connectivity index (χ2v) is 4.78. The molecule has 0 heterocycles. The van der Waals surface area contributed by atoms with Crippen LogP contribution in [0.3, 0.4) is 0 Å². The Labute approximate surface area is 90.5 Å². The second kappa shape index (κ2) is 5.16. The van der Waals surface area contributed by atoms with E-state index in [2.05, 4.69) is 32.6 Å². The smallest absolute Gasteiger partial charge is 0.0388 e. The van der Waals surface area contributed by atoms with Crippen molar-refractivity contribution in [2.24, 2.45) is 0 Å². The molecule has 14 heavy (non-hydrogen) atoms. The molecule has 0 nitrogen and oxygen atoms in total. The first-order chi connectivity index (χ1) is 6.74. The van der Waals surface area contributed by atoms with Gasteiger partial charge in [0.15, 0.2) is 0 Å². The van der Waals surface area contributed by atoms with Crippen molar-refractivity contribution in [3.63, 3.8) is 0 Å². The van der Waals surface area contributed by atoms with E-state index in [0.29, 0.717) is 0 Å². The number of hydrogen-bond acceptors (Lipinski definition) is 0. The Balaban J connectivity index is 3.24. The van der Waals surface area contributed by atoms with E-state index in [9.17, 15) is 0 Å².